The molecular weight excluding hydrogens is 228 g/mol. The summed E-state index contributed by atoms with van der Waals surface area (Å²) in [7, 11) is 0. The molecule has 0 radical (unpaired) electrons. The smallest absolute Gasteiger partial charge is 0.234 e. The van der Waals surface area contributed by atoms with Gasteiger partial charge in [0.05, 0.1) is 13.2 Å². The fourth-order valence-corrected chi connectivity index (χ4v) is 1.58. The van der Waals surface area contributed by atoms with Crippen LogP contribution in [0.2, 0.25) is 0 Å². The molecule has 18 heavy (non-hydrogen) atoms. The van der Waals surface area contributed by atoms with E-state index in [-0.39, 0.29) is 5.91 Å². The largest absolute Gasteiger partial charge is 0.377 e. The summed E-state index contributed by atoms with van der Waals surface area (Å²) in [5, 5.41) is 5.89. The van der Waals surface area contributed by atoms with Gasteiger partial charge in [-0.3, -0.25) is 4.79 Å². The molecule has 0 saturated heterocycles. The predicted octanol–water partition coefficient (Wildman–Crippen LogP) is 1.45. The number of likely N-dealkylation sites (N-methyl/N-ethyl adjacent to an activating group) is 1. The number of nitrogens with one attached hydrogen (secondary N) is 2. The zero-order valence-electron chi connectivity index (χ0n) is 11.2. The van der Waals surface area contributed by atoms with E-state index < -0.39 is 0 Å². The summed E-state index contributed by atoms with van der Waals surface area (Å²) in [5.41, 5.74) is 2.24. The maximum Gasteiger partial charge on any atom is 0.234 e. The number of ether oxygens (including phenoxy) is 1. The number of amides is 1. The number of benzene rings is 1. The van der Waals surface area contributed by atoms with Gasteiger partial charge in [-0.1, -0.05) is 31.2 Å². The highest BCUT2D eigenvalue weighted by molar-refractivity contribution is 5.77. The second-order valence-corrected chi connectivity index (χ2v) is 3.96. The van der Waals surface area contributed by atoms with Crippen molar-refractivity contribution in [3.63, 3.8) is 0 Å². The lowest BCUT2D eigenvalue weighted by Gasteiger charge is -2.10. The summed E-state index contributed by atoms with van der Waals surface area (Å²) in [6.45, 7) is 6.95. The molecule has 0 aliphatic heterocycles. The monoisotopic (exact) mass is 250 g/mol. The van der Waals surface area contributed by atoms with E-state index in [0.29, 0.717) is 26.3 Å². The zero-order valence-corrected chi connectivity index (χ0v) is 11.2. The van der Waals surface area contributed by atoms with Crippen molar-refractivity contribution < 1.29 is 9.53 Å². The molecule has 0 aromatic heterocycles. The molecule has 4 nitrogen and oxygen atoms in total. The Morgan fingerprint density at radius 3 is 2.61 bits per heavy atom. The van der Waals surface area contributed by atoms with E-state index in [1.54, 1.807) is 0 Å². The molecule has 1 amide bonds. The SMILES string of the molecule is CCNCC(=O)NCc1ccccc1COCC. The van der Waals surface area contributed by atoms with Crippen molar-refractivity contribution in [1.29, 1.82) is 0 Å². The molecule has 0 atom stereocenters. The van der Waals surface area contributed by atoms with Crippen LogP contribution in [0.3, 0.4) is 0 Å². The Kier molecular flexibility index (Phi) is 7.06. The first kappa shape index (κ1) is 14.7. The first-order valence-corrected chi connectivity index (χ1v) is 6.39. The van der Waals surface area contributed by atoms with Crippen molar-refractivity contribution in [2.24, 2.45) is 0 Å². The van der Waals surface area contributed by atoms with Gasteiger partial charge in [-0.2, -0.15) is 0 Å². The average molecular weight is 250 g/mol. The van der Waals surface area contributed by atoms with Crippen molar-refractivity contribution in [1.82, 2.24) is 10.6 Å². The summed E-state index contributed by atoms with van der Waals surface area (Å²) in [6, 6.07) is 8.00. The third-order valence-electron chi connectivity index (χ3n) is 2.59. The van der Waals surface area contributed by atoms with E-state index in [0.717, 1.165) is 17.7 Å². The molecule has 0 saturated carbocycles. The van der Waals surface area contributed by atoms with Crippen LogP contribution in [0.4, 0.5) is 0 Å². The quantitative estimate of drug-likeness (QED) is 0.734. The molecule has 0 aliphatic rings. The fraction of sp³-hybridized carbons (Fsp3) is 0.500. The Labute approximate surface area is 109 Å². The van der Waals surface area contributed by atoms with E-state index in [2.05, 4.69) is 10.6 Å². The topological polar surface area (TPSA) is 50.4 Å². The minimum atomic E-state index is 0.0167. The van der Waals surface area contributed by atoms with Crippen LogP contribution in [0.1, 0.15) is 25.0 Å². The van der Waals surface area contributed by atoms with Gasteiger partial charge in [-0.15, -0.1) is 0 Å². The van der Waals surface area contributed by atoms with Gasteiger partial charge in [0.15, 0.2) is 0 Å². The standard InChI is InChI=1S/C14H22N2O2/c1-3-15-10-14(17)16-9-12-7-5-6-8-13(12)11-18-4-2/h5-8,15H,3-4,9-11H2,1-2H3,(H,16,17). The molecular formula is C14H22N2O2. The number of carbonyl (C=O) groups excluding carboxylic acids is 1. The Morgan fingerprint density at radius 1 is 1.22 bits per heavy atom. The van der Waals surface area contributed by atoms with Gasteiger partial charge in [-0.05, 0) is 24.6 Å². The van der Waals surface area contributed by atoms with Crippen LogP contribution in [-0.4, -0.2) is 25.6 Å². The van der Waals surface area contributed by atoms with Gasteiger partial charge < -0.3 is 15.4 Å². The van der Waals surface area contributed by atoms with Gasteiger partial charge in [0.25, 0.3) is 0 Å². The molecule has 1 aromatic rings. The number of hydrogen-bond donors (Lipinski definition) is 2. The van der Waals surface area contributed by atoms with Crippen molar-refractivity contribution in [2.75, 3.05) is 19.7 Å². The summed E-state index contributed by atoms with van der Waals surface area (Å²) < 4.78 is 5.41. The third-order valence-corrected chi connectivity index (χ3v) is 2.59. The summed E-state index contributed by atoms with van der Waals surface area (Å²) in [6.07, 6.45) is 0. The van der Waals surface area contributed by atoms with E-state index in [9.17, 15) is 4.79 Å². The van der Waals surface area contributed by atoms with Gasteiger partial charge in [-0.25, -0.2) is 0 Å². The van der Waals surface area contributed by atoms with E-state index >= 15 is 0 Å². The number of rotatable bonds is 8. The fourth-order valence-electron chi connectivity index (χ4n) is 1.58. The van der Waals surface area contributed by atoms with Crippen LogP contribution in [0.25, 0.3) is 0 Å². The van der Waals surface area contributed by atoms with Crippen LogP contribution in [0.15, 0.2) is 24.3 Å². The van der Waals surface area contributed by atoms with Gasteiger partial charge in [0.2, 0.25) is 5.91 Å². The molecule has 0 aliphatic carbocycles. The Morgan fingerprint density at radius 2 is 1.94 bits per heavy atom. The molecule has 100 valence electrons. The first-order valence-electron chi connectivity index (χ1n) is 6.39. The Balaban J connectivity index is 2.47. The molecule has 0 heterocycles. The minimum Gasteiger partial charge on any atom is -0.377 e. The zero-order chi connectivity index (χ0) is 13.2. The second kappa shape index (κ2) is 8.66. The molecule has 0 fully saturated rings. The maximum absolute atomic E-state index is 11.5. The van der Waals surface area contributed by atoms with Crippen molar-refractivity contribution in [3.05, 3.63) is 35.4 Å². The van der Waals surface area contributed by atoms with Gasteiger partial charge >= 0.3 is 0 Å². The maximum atomic E-state index is 11.5. The number of carbonyl (C=O) groups is 1. The van der Waals surface area contributed by atoms with Crippen LogP contribution in [0, 0.1) is 0 Å². The van der Waals surface area contributed by atoms with Gasteiger partial charge in [0, 0.05) is 13.2 Å². The molecule has 0 spiro atoms. The molecule has 2 N–H and O–H groups in total. The average Bonchev–Trinajstić information content (AvgIpc) is 2.41. The van der Waals surface area contributed by atoms with Crippen molar-refractivity contribution in [3.8, 4) is 0 Å². The normalized spacial score (nSPS) is 10.3. The molecule has 4 heteroatoms. The van der Waals surface area contributed by atoms with Gasteiger partial charge in [0.1, 0.15) is 0 Å². The lowest BCUT2D eigenvalue weighted by atomic mass is 10.1. The highest BCUT2D eigenvalue weighted by Gasteiger charge is 2.04. The van der Waals surface area contributed by atoms with Crippen LogP contribution in [-0.2, 0) is 22.7 Å². The van der Waals surface area contributed by atoms with Crippen LogP contribution < -0.4 is 10.6 Å². The lowest BCUT2D eigenvalue weighted by Crippen LogP contribution is -2.33. The molecule has 1 rings (SSSR count). The summed E-state index contributed by atoms with van der Waals surface area (Å²) >= 11 is 0. The Bertz CT molecular complexity index is 367. The van der Waals surface area contributed by atoms with E-state index in [1.165, 1.54) is 0 Å². The highest BCUT2D eigenvalue weighted by Crippen LogP contribution is 2.09. The third kappa shape index (κ3) is 5.29. The van der Waals surface area contributed by atoms with Crippen LogP contribution in [0.5, 0.6) is 0 Å². The highest BCUT2D eigenvalue weighted by atomic mass is 16.5. The Hall–Kier alpha value is -1.39. The number of hydrogen-bond acceptors (Lipinski definition) is 3. The van der Waals surface area contributed by atoms with E-state index in [4.69, 9.17) is 4.74 Å². The minimum absolute atomic E-state index is 0.0167. The predicted molar refractivity (Wildman–Crippen MR) is 72.2 cm³/mol. The second-order valence-electron chi connectivity index (χ2n) is 3.96. The first-order chi connectivity index (χ1) is 8.77. The van der Waals surface area contributed by atoms with Crippen LogP contribution >= 0.6 is 0 Å². The summed E-state index contributed by atoms with van der Waals surface area (Å²) in [4.78, 5) is 11.5. The lowest BCUT2D eigenvalue weighted by molar-refractivity contribution is -0.120. The molecule has 1 aromatic carbocycles. The van der Waals surface area contributed by atoms with Crippen molar-refractivity contribution in [2.45, 2.75) is 27.0 Å². The molecule has 0 bridgehead atoms. The van der Waals surface area contributed by atoms with E-state index in [1.807, 2.05) is 38.1 Å². The van der Waals surface area contributed by atoms with Crippen molar-refractivity contribution >= 4 is 5.91 Å². The summed E-state index contributed by atoms with van der Waals surface area (Å²) in [5.74, 6) is 0.0167. The molecule has 0 unspecified atom stereocenters.